The molecule has 0 unspecified atom stereocenters. The molecule has 3 aromatic rings. The number of ether oxygens (including phenoxy) is 1. The zero-order valence-corrected chi connectivity index (χ0v) is 21.4. The first kappa shape index (κ1) is 25.9. The highest BCUT2D eigenvalue weighted by Crippen LogP contribution is 2.42. The van der Waals surface area contributed by atoms with Crippen LogP contribution in [0, 0.1) is 12.8 Å². The van der Waals surface area contributed by atoms with Crippen molar-refractivity contribution in [2.45, 2.75) is 44.6 Å². The zero-order chi connectivity index (χ0) is 26.5. The van der Waals surface area contributed by atoms with E-state index in [1.54, 1.807) is 25.4 Å². The maximum atomic E-state index is 13.1. The van der Waals surface area contributed by atoms with Crippen molar-refractivity contribution in [2.75, 3.05) is 26.7 Å². The summed E-state index contributed by atoms with van der Waals surface area (Å²) in [6, 6.07) is 8.67. The lowest BCUT2D eigenvalue weighted by atomic mass is 9.86. The number of hydrogen-bond acceptors (Lipinski definition) is 4. The summed E-state index contributed by atoms with van der Waals surface area (Å²) in [7, 11) is 1.62. The van der Waals surface area contributed by atoms with Crippen molar-refractivity contribution < 1.29 is 27.8 Å². The van der Waals surface area contributed by atoms with E-state index in [0.29, 0.717) is 24.5 Å². The van der Waals surface area contributed by atoms with Crippen LogP contribution in [0.25, 0.3) is 10.9 Å². The second kappa shape index (κ2) is 9.85. The molecule has 6 nitrogen and oxygen atoms in total. The van der Waals surface area contributed by atoms with Crippen molar-refractivity contribution in [3.05, 3.63) is 63.8 Å². The van der Waals surface area contributed by atoms with E-state index in [1.165, 1.54) is 0 Å². The van der Waals surface area contributed by atoms with Gasteiger partial charge >= 0.3 is 12.1 Å². The van der Waals surface area contributed by atoms with Crippen LogP contribution in [0.4, 0.5) is 13.2 Å². The van der Waals surface area contributed by atoms with Crippen molar-refractivity contribution in [1.29, 1.82) is 0 Å². The third-order valence-corrected chi connectivity index (χ3v) is 8.17. The molecule has 0 amide bonds. The number of carbonyl (C=O) groups is 1. The first-order valence-electron chi connectivity index (χ1n) is 12.3. The molecule has 5 rings (SSSR count). The SMILES string of the molecule is COc1cc(C)c2[nH]cc(Cl)c2c1CN1CC[C@@H](N2CC(C(F)(F)F)C2)C[C@@H]1c1ccc(C(=O)O)cc1. The Balaban J connectivity index is 1.46. The summed E-state index contributed by atoms with van der Waals surface area (Å²) in [4.78, 5) is 18.8. The number of hydrogen-bond donors (Lipinski definition) is 2. The standard InChI is InChI=1S/C27H29ClF3N3O3/c1-15-9-23(37-2)20(24-21(28)11-32-25(15)24)14-33-8-7-19(34-12-18(13-34)27(29,30)31)10-22(33)16-3-5-17(6-4-16)26(35)36/h3-6,9,11,18-19,22,32H,7-8,10,12-14H2,1-2H3,(H,35,36)/t19-,22-/m1/s1. The number of H-pyrrole nitrogens is 1. The molecule has 10 heteroatoms. The van der Waals surface area contributed by atoms with Crippen LogP contribution in [0.15, 0.2) is 36.5 Å². The van der Waals surface area contributed by atoms with Crippen LogP contribution < -0.4 is 4.74 Å². The molecule has 37 heavy (non-hydrogen) atoms. The number of benzene rings is 2. The predicted octanol–water partition coefficient (Wildman–Crippen LogP) is 6.04. The minimum absolute atomic E-state index is 0.0229. The van der Waals surface area contributed by atoms with E-state index in [2.05, 4.69) is 9.88 Å². The second-order valence-electron chi connectivity index (χ2n) is 10.0. The first-order chi connectivity index (χ1) is 17.6. The Bertz CT molecular complexity index is 1300. The van der Waals surface area contributed by atoms with Gasteiger partial charge in [0.15, 0.2) is 0 Å². The van der Waals surface area contributed by atoms with E-state index in [4.69, 9.17) is 16.3 Å². The van der Waals surface area contributed by atoms with Gasteiger partial charge in [-0.1, -0.05) is 23.7 Å². The predicted molar refractivity (Wildman–Crippen MR) is 135 cm³/mol. The molecule has 0 saturated carbocycles. The molecule has 2 atom stereocenters. The van der Waals surface area contributed by atoms with Gasteiger partial charge in [0.1, 0.15) is 5.75 Å². The molecule has 2 saturated heterocycles. The maximum absolute atomic E-state index is 13.1. The highest BCUT2D eigenvalue weighted by molar-refractivity contribution is 6.36. The van der Waals surface area contributed by atoms with Crippen LogP contribution in [-0.4, -0.2) is 64.8 Å². The number of nitrogens with zero attached hydrogens (tertiary/aromatic N) is 2. The number of halogens is 4. The third-order valence-electron chi connectivity index (χ3n) is 7.87. The number of methoxy groups -OCH3 is 1. The Hall–Kier alpha value is -2.75. The van der Waals surface area contributed by atoms with Gasteiger partial charge in [-0.2, -0.15) is 13.2 Å². The average Bonchev–Trinajstić information content (AvgIpc) is 3.21. The Kier molecular flexibility index (Phi) is 6.89. The fraction of sp³-hybridized carbons (Fsp3) is 0.444. The van der Waals surface area contributed by atoms with E-state index >= 15 is 0 Å². The average molecular weight is 536 g/mol. The number of piperidine rings is 1. The van der Waals surface area contributed by atoms with Crippen molar-refractivity contribution in [2.24, 2.45) is 5.92 Å². The summed E-state index contributed by atoms with van der Waals surface area (Å²) in [5.74, 6) is -1.54. The molecular weight excluding hydrogens is 507 g/mol. The Morgan fingerprint density at radius 1 is 1.24 bits per heavy atom. The topological polar surface area (TPSA) is 68.8 Å². The van der Waals surface area contributed by atoms with Crippen LogP contribution in [-0.2, 0) is 6.54 Å². The van der Waals surface area contributed by atoms with Crippen molar-refractivity contribution >= 4 is 28.5 Å². The molecule has 2 aliphatic heterocycles. The number of aryl methyl sites for hydroxylation is 1. The van der Waals surface area contributed by atoms with Crippen molar-refractivity contribution in [3.63, 3.8) is 0 Å². The second-order valence-corrected chi connectivity index (χ2v) is 10.5. The zero-order valence-electron chi connectivity index (χ0n) is 20.6. The number of aromatic nitrogens is 1. The van der Waals surface area contributed by atoms with E-state index in [-0.39, 0.29) is 30.7 Å². The van der Waals surface area contributed by atoms with Crippen LogP contribution in [0.2, 0.25) is 5.02 Å². The van der Waals surface area contributed by atoms with Crippen LogP contribution >= 0.6 is 11.6 Å². The number of carboxylic acids is 1. The van der Waals surface area contributed by atoms with Gasteiger partial charge in [0.25, 0.3) is 0 Å². The van der Waals surface area contributed by atoms with Crippen molar-refractivity contribution in [1.82, 2.24) is 14.8 Å². The fourth-order valence-electron chi connectivity index (χ4n) is 5.76. The van der Waals surface area contributed by atoms with E-state index in [1.807, 2.05) is 30.0 Å². The number of carboxylic acid groups (broad SMARTS) is 1. The summed E-state index contributed by atoms with van der Waals surface area (Å²) < 4.78 is 45.1. The quantitative estimate of drug-likeness (QED) is 0.403. The minimum Gasteiger partial charge on any atom is -0.496 e. The van der Waals surface area contributed by atoms with Gasteiger partial charge in [-0.3, -0.25) is 9.80 Å². The number of fused-ring (bicyclic) bond motifs is 1. The highest BCUT2D eigenvalue weighted by atomic mass is 35.5. The highest BCUT2D eigenvalue weighted by Gasteiger charge is 2.49. The summed E-state index contributed by atoms with van der Waals surface area (Å²) in [6.07, 6.45) is -1.01. The number of rotatable bonds is 6. The fourth-order valence-corrected chi connectivity index (χ4v) is 6.02. The molecule has 1 aromatic heterocycles. The normalized spacial score (nSPS) is 21.8. The van der Waals surface area contributed by atoms with E-state index in [9.17, 15) is 23.1 Å². The maximum Gasteiger partial charge on any atom is 0.394 e. The molecular formula is C27H29ClF3N3O3. The van der Waals surface area contributed by atoms with Gasteiger partial charge in [0.2, 0.25) is 0 Å². The molecule has 0 radical (unpaired) electrons. The van der Waals surface area contributed by atoms with Gasteiger partial charge in [-0.15, -0.1) is 0 Å². The van der Waals surface area contributed by atoms with Gasteiger partial charge in [-0.25, -0.2) is 4.79 Å². The minimum atomic E-state index is -4.16. The summed E-state index contributed by atoms with van der Waals surface area (Å²) >= 11 is 6.58. The molecule has 2 fully saturated rings. The summed E-state index contributed by atoms with van der Waals surface area (Å²) in [6.45, 7) is 3.25. The number of likely N-dealkylation sites (tertiary alicyclic amines) is 2. The molecule has 198 valence electrons. The first-order valence-corrected chi connectivity index (χ1v) is 12.7. The number of nitrogens with one attached hydrogen (secondary N) is 1. The lowest BCUT2D eigenvalue weighted by Gasteiger charge is -2.50. The Morgan fingerprint density at radius 3 is 2.57 bits per heavy atom. The third kappa shape index (κ3) is 4.92. The molecule has 0 spiro atoms. The molecule has 0 bridgehead atoms. The largest absolute Gasteiger partial charge is 0.496 e. The lowest BCUT2D eigenvalue weighted by molar-refractivity contribution is -0.216. The number of aromatic amines is 1. The van der Waals surface area contributed by atoms with Crippen LogP contribution in [0.5, 0.6) is 5.75 Å². The Labute approximate surface area is 218 Å². The molecule has 0 aliphatic carbocycles. The molecule has 3 heterocycles. The van der Waals surface area contributed by atoms with Crippen LogP contribution in [0.3, 0.4) is 0 Å². The van der Waals surface area contributed by atoms with E-state index < -0.39 is 18.1 Å². The molecule has 2 N–H and O–H groups in total. The van der Waals surface area contributed by atoms with Crippen LogP contribution in [0.1, 0.15) is 45.9 Å². The lowest BCUT2D eigenvalue weighted by Crippen LogP contribution is -2.59. The molecule has 2 aromatic carbocycles. The number of aromatic carboxylic acids is 1. The van der Waals surface area contributed by atoms with Gasteiger partial charge < -0.3 is 14.8 Å². The van der Waals surface area contributed by atoms with E-state index in [0.717, 1.165) is 39.8 Å². The number of alkyl halides is 3. The van der Waals surface area contributed by atoms with Gasteiger partial charge in [0.05, 0.1) is 29.1 Å². The van der Waals surface area contributed by atoms with Crippen molar-refractivity contribution in [3.8, 4) is 5.75 Å². The summed E-state index contributed by atoms with van der Waals surface area (Å²) in [5.41, 5.74) is 4.03. The summed E-state index contributed by atoms with van der Waals surface area (Å²) in [5, 5.41) is 10.8. The smallest absolute Gasteiger partial charge is 0.394 e. The Morgan fingerprint density at radius 2 is 1.95 bits per heavy atom. The monoisotopic (exact) mass is 535 g/mol. The van der Waals surface area contributed by atoms with Gasteiger partial charge in [-0.05, 0) is 49.1 Å². The molecule has 2 aliphatic rings. The van der Waals surface area contributed by atoms with Gasteiger partial charge in [0, 0.05) is 55.4 Å².